The first-order valence-electron chi connectivity index (χ1n) is 11.9. The molecule has 0 N–H and O–H groups in total. The molecular formula is C28H28N2O3. The van der Waals surface area contributed by atoms with Crippen molar-refractivity contribution >= 4 is 23.4 Å². The van der Waals surface area contributed by atoms with Gasteiger partial charge in [-0.05, 0) is 73.6 Å². The van der Waals surface area contributed by atoms with Gasteiger partial charge >= 0.3 is 0 Å². The second-order valence-corrected chi connectivity index (χ2v) is 10.2. The van der Waals surface area contributed by atoms with Crippen LogP contribution in [0.2, 0.25) is 0 Å². The molecule has 2 aromatic rings. The van der Waals surface area contributed by atoms with Gasteiger partial charge in [-0.3, -0.25) is 24.2 Å². The molecule has 1 heterocycles. The normalized spacial score (nSPS) is 30.9. The van der Waals surface area contributed by atoms with Crippen molar-refractivity contribution in [3.05, 3.63) is 76.9 Å². The third kappa shape index (κ3) is 2.87. The summed E-state index contributed by atoms with van der Waals surface area (Å²) in [6, 6.07) is 13.4. The molecule has 1 saturated heterocycles. The highest BCUT2D eigenvalue weighted by atomic mass is 16.2. The Labute approximate surface area is 194 Å². The van der Waals surface area contributed by atoms with Crippen molar-refractivity contribution in [3.63, 3.8) is 0 Å². The van der Waals surface area contributed by atoms with E-state index in [-0.39, 0.29) is 48.1 Å². The van der Waals surface area contributed by atoms with Crippen LogP contribution >= 0.6 is 0 Å². The number of benzene rings is 2. The molecular weight excluding hydrogens is 412 g/mol. The zero-order chi connectivity index (χ0) is 23.0. The quantitative estimate of drug-likeness (QED) is 0.527. The molecule has 4 aliphatic carbocycles. The third-order valence-corrected chi connectivity index (χ3v) is 8.37. The van der Waals surface area contributed by atoms with E-state index in [2.05, 4.69) is 12.2 Å². The zero-order valence-corrected chi connectivity index (χ0v) is 19.2. The van der Waals surface area contributed by atoms with Gasteiger partial charge in [0.25, 0.3) is 5.91 Å². The molecule has 5 nitrogen and oxygen atoms in total. The number of amides is 3. The van der Waals surface area contributed by atoms with Crippen molar-refractivity contribution in [1.29, 1.82) is 0 Å². The van der Waals surface area contributed by atoms with Crippen LogP contribution in [0.15, 0.2) is 54.6 Å². The Kier molecular flexibility index (Phi) is 4.42. The minimum absolute atomic E-state index is 0.0434. The number of hydrogen-bond donors (Lipinski definition) is 0. The molecule has 7 rings (SSSR count). The number of imide groups is 1. The van der Waals surface area contributed by atoms with Crippen LogP contribution in [-0.2, 0) is 9.59 Å². The molecule has 1 aliphatic heterocycles. The van der Waals surface area contributed by atoms with Crippen LogP contribution < -0.4 is 4.90 Å². The number of hydrogen-bond acceptors (Lipinski definition) is 3. The Bertz CT molecular complexity index is 1180. The topological polar surface area (TPSA) is 57.7 Å². The molecule has 2 bridgehead atoms. The van der Waals surface area contributed by atoms with Crippen LogP contribution in [0.4, 0.5) is 5.69 Å². The summed E-state index contributed by atoms with van der Waals surface area (Å²) in [4.78, 5) is 44.1. The fraction of sp³-hybridized carbons (Fsp3) is 0.393. The number of carbonyl (C=O) groups excluding carboxylic acids is 3. The summed E-state index contributed by atoms with van der Waals surface area (Å²) in [5, 5.41) is 0. The molecule has 0 radical (unpaired) electrons. The number of aryl methyl sites for hydroxylation is 3. The van der Waals surface area contributed by atoms with Gasteiger partial charge in [-0.1, -0.05) is 48.6 Å². The molecule has 6 unspecified atom stereocenters. The lowest BCUT2D eigenvalue weighted by molar-refractivity contribution is -0.140. The van der Waals surface area contributed by atoms with Crippen molar-refractivity contribution in [2.75, 3.05) is 11.6 Å². The second kappa shape index (κ2) is 7.14. The zero-order valence-electron chi connectivity index (χ0n) is 19.2. The number of rotatable bonds is 4. The van der Waals surface area contributed by atoms with Crippen molar-refractivity contribution in [2.45, 2.75) is 27.2 Å². The molecule has 0 aromatic heterocycles. The lowest BCUT2D eigenvalue weighted by atomic mass is 9.63. The fourth-order valence-electron chi connectivity index (χ4n) is 6.73. The van der Waals surface area contributed by atoms with Gasteiger partial charge in [0.05, 0.1) is 17.5 Å². The molecule has 33 heavy (non-hydrogen) atoms. The van der Waals surface area contributed by atoms with Gasteiger partial charge in [0, 0.05) is 5.56 Å². The minimum Gasteiger partial charge on any atom is -0.289 e. The van der Waals surface area contributed by atoms with Gasteiger partial charge in [0.1, 0.15) is 6.67 Å². The average Bonchev–Trinajstić information content (AvgIpc) is 3.58. The average molecular weight is 441 g/mol. The predicted molar refractivity (Wildman–Crippen MR) is 125 cm³/mol. The number of nitrogens with zero attached hydrogens (tertiary/aromatic N) is 2. The summed E-state index contributed by atoms with van der Waals surface area (Å²) in [5.74, 6) is 0.535. The molecule has 168 valence electrons. The van der Waals surface area contributed by atoms with Crippen LogP contribution in [0.5, 0.6) is 0 Å². The largest absolute Gasteiger partial charge is 0.289 e. The highest BCUT2D eigenvalue weighted by Gasteiger charge is 2.67. The Morgan fingerprint density at radius 3 is 1.97 bits per heavy atom. The predicted octanol–water partition coefficient (Wildman–Crippen LogP) is 4.27. The number of allylic oxidation sites excluding steroid dienone is 2. The van der Waals surface area contributed by atoms with E-state index >= 15 is 0 Å². The van der Waals surface area contributed by atoms with Gasteiger partial charge in [0.15, 0.2) is 0 Å². The van der Waals surface area contributed by atoms with Crippen LogP contribution in [-0.4, -0.2) is 29.3 Å². The summed E-state index contributed by atoms with van der Waals surface area (Å²) >= 11 is 0. The SMILES string of the molecule is Cc1ccccc1C(=O)N(CN1C(=O)C2C3C=CC(C4CC34)C2C1=O)c1c(C)cccc1C. The van der Waals surface area contributed by atoms with E-state index in [0.717, 1.165) is 28.8 Å². The van der Waals surface area contributed by atoms with Crippen molar-refractivity contribution in [3.8, 4) is 0 Å². The van der Waals surface area contributed by atoms with E-state index in [0.29, 0.717) is 17.4 Å². The Morgan fingerprint density at radius 2 is 1.39 bits per heavy atom. The Hall–Kier alpha value is -3.21. The van der Waals surface area contributed by atoms with Crippen LogP contribution in [0.3, 0.4) is 0 Å². The standard InChI is InChI=1S/C28H28N2O3/c1-15-7-4-5-10-18(15)26(31)29(25-16(2)8-6-9-17(25)3)14-30-27(32)23-19-11-12-20(22-13-21(19)22)24(23)28(30)33/h4-12,19-24H,13-14H2,1-3H3. The summed E-state index contributed by atoms with van der Waals surface area (Å²) in [7, 11) is 0. The van der Waals surface area contributed by atoms with E-state index in [4.69, 9.17) is 0 Å². The van der Waals surface area contributed by atoms with Gasteiger partial charge in [-0.15, -0.1) is 0 Å². The highest BCUT2D eigenvalue weighted by Crippen LogP contribution is 2.65. The lowest BCUT2D eigenvalue weighted by Crippen LogP contribution is -2.45. The smallest absolute Gasteiger partial charge is 0.260 e. The molecule has 5 heteroatoms. The third-order valence-electron chi connectivity index (χ3n) is 8.37. The van der Waals surface area contributed by atoms with Crippen LogP contribution in [0.25, 0.3) is 0 Å². The number of anilines is 1. The first kappa shape index (κ1) is 20.4. The lowest BCUT2D eigenvalue weighted by Gasteiger charge is -2.37. The van der Waals surface area contributed by atoms with Gasteiger partial charge < -0.3 is 0 Å². The first-order chi connectivity index (χ1) is 15.9. The molecule has 5 aliphatic rings. The molecule has 0 spiro atoms. The summed E-state index contributed by atoms with van der Waals surface area (Å²) in [6.07, 6.45) is 5.49. The van der Waals surface area contributed by atoms with E-state index in [9.17, 15) is 14.4 Å². The maximum absolute atomic E-state index is 13.9. The van der Waals surface area contributed by atoms with E-state index < -0.39 is 0 Å². The molecule has 2 saturated carbocycles. The van der Waals surface area contributed by atoms with Crippen molar-refractivity contribution < 1.29 is 14.4 Å². The summed E-state index contributed by atoms with van der Waals surface area (Å²) in [6.45, 7) is 5.79. The second-order valence-electron chi connectivity index (χ2n) is 10.2. The molecule has 3 amide bonds. The van der Waals surface area contributed by atoms with Crippen molar-refractivity contribution in [2.24, 2.45) is 35.5 Å². The number of likely N-dealkylation sites (tertiary alicyclic amines) is 1. The monoisotopic (exact) mass is 440 g/mol. The van der Waals surface area contributed by atoms with Gasteiger partial charge in [0.2, 0.25) is 11.8 Å². The maximum atomic E-state index is 13.9. The Morgan fingerprint density at radius 1 is 0.848 bits per heavy atom. The van der Waals surface area contributed by atoms with Gasteiger partial charge in [-0.25, -0.2) is 0 Å². The minimum atomic E-state index is -0.260. The number of para-hydroxylation sites is 1. The van der Waals surface area contributed by atoms with Crippen LogP contribution in [0.1, 0.15) is 33.5 Å². The highest BCUT2D eigenvalue weighted by molar-refractivity contribution is 6.10. The van der Waals surface area contributed by atoms with E-state index in [1.165, 1.54) is 4.90 Å². The van der Waals surface area contributed by atoms with Crippen LogP contribution in [0, 0.1) is 56.3 Å². The molecule has 3 fully saturated rings. The Balaban J connectivity index is 1.39. The number of carbonyl (C=O) groups is 3. The fourth-order valence-corrected chi connectivity index (χ4v) is 6.73. The van der Waals surface area contributed by atoms with E-state index in [1.807, 2.05) is 63.2 Å². The molecule has 2 aromatic carbocycles. The maximum Gasteiger partial charge on any atom is 0.260 e. The summed E-state index contributed by atoms with van der Waals surface area (Å²) < 4.78 is 0. The first-order valence-corrected chi connectivity index (χ1v) is 11.9. The summed E-state index contributed by atoms with van der Waals surface area (Å²) in [5.41, 5.74) is 4.10. The van der Waals surface area contributed by atoms with E-state index in [1.54, 1.807) is 4.90 Å². The van der Waals surface area contributed by atoms with Gasteiger partial charge in [-0.2, -0.15) is 0 Å². The van der Waals surface area contributed by atoms with Crippen molar-refractivity contribution in [1.82, 2.24) is 4.90 Å². The molecule has 6 atom stereocenters.